The zero-order valence-corrected chi connectivity index (χ0v) is 15.4. The van der Waals surface area contributed by atoms with Crippen molar-refractivity contribution in [2.45, 2.75) is 13.3 Å². The van der Waals surface area contributed by atoms with Gasteiger partial charge in [-0.25, -0.2) is 18.7 Å². The molecule has 0 spiro atoms. The molecule has 4 rings (SSSR count). The summed E-state index contributed by atoms with van der Waals surface area (Å²) in [4.78, 5) is 12.2. The van der Waals surface area contributed by atoms with Crippen LogP contribution in [0.5, 0.6) is 0 Å². The van der Waals surface area contributed by atoms with Crippen LogP contribution >= 0.6 is 22.6 Å². The maximum Gasteiger partial charge on any atom is 0.213 e. The molecule has 1 aromatic carbocycles. The van der Waals surface area contributed by atoms with Crippen molar-refractivity contribution in [3.05, 3.63) is 64.0 Å². The number of fused-ring (bicyclic) bond motifs is 1. The number of hydrogen-bond donors (Lipinski definition) is 0. The van der Waals surface area contributed by atoms with E-state index in [-0.39, 0.29) is 6.54 Å². The van der Waals surface area contributed by atoms with Gasteiger partial charge in [0.15, 0.2) is 6.80 Å². The van der Waals surface area contributed by atoms with Gasteiger partial charge in [-0.1, -0.05) is 0 Å². The molecule has 9 heteroatoms. The van der Waals surface area contributed by atoms with Crippen molar-refractivity contribution in [1.82, 2.24) is 24.1 Å². The molecule has 3 aromatic heterocycles. The topological polar surface area (TPSA) is 48.5 Å². The van der Waals surface area contributed by atoms with Gasteiger partial charge in [-0.15, -0.1) is 0 Å². The number of pyridine rings is 1. The molecule has 0 atom stereocenters. The van der Waals surface area contributed by atoms with Crippen molar-refractivity contribution in [2.24, 2.45) is 0 Å². The third kappa shape index (κ3) is 2.96. The number of rotatable bonds is 4. The number of alkyl halides is 1. The van der Waals surface area contributed by atoms with Crippen LogP contribution in [0.2, 0.25) is 0 Å². The highest BCUT2D eigenvalue weighted by molar-refractivity contribution is 14.1. The zero-order chi connectivity index (χ0) is 18.3. The molecule has 0 amide bonds. The predicted octanol–water partition coefficient (Wildman–Crippen LogP) is 4.15. The molecule has 5 nitrogen and oxygen atoms in total. The predicted molar refractivity (Wildman–Crippen MR) is 98.0 cm³/mol. The van der Waals surface area contributed by atoms with Crippen molar-refractivity contribution < 1.29 is 13.2 Å². The first-order chi connectivity index (χ1) is 12.6. The largest absolute Gasteiger partial charge is 0.303 e. The second-order valence-electron chi connectivity index (χ2n) is 5.66. The Balaban J connectivity index is 1.80. The summed E-state index contributed by atoms with van der Waals surface area (Å²) in [5.74, 6) is -0.531. The third-order valence-corrected chi connectivity index (χ3v) is 4.80. The van der Waals surface area contributed by atoms with Gasteiger partial charge in [0.1, 0.15) is 11.6 Å². The molecular formula is C17H11F3IN5. The lowest BCUT2D eigenvalue weighted by Gasteiger charge is -2.07. The monoisotopic (exact) mass is 469 g/mol. The Labute approximate surface area is 159 Å². The molecular weight excluding hydrogens is 458 g/mol. The van der Waals surface area contributed by atoms with Crippen molar-refractivity contribution in [2.75, 3.05) is 0 Å². The third-order valence-electron chi connectivity index (χ3n) is 3.98. The van der Waals surface area contributed by atoms with Crippen molar-refractivity contribution in [3.8, 4) is 11.4 Å². The lowest BCUT2D eigenvalue weighted by atomic mass is 10.2. The molecule has 0 unspecified atom stereocenters. The van der Waals surface area contributed by atoms with E-state index in [4.69, 9.17) is 0 Å². The van der Waals surface area contributed by atoms with E-state index in [0.717, 1.165) is 6.20 Å². The van der Waals surface area contributed by atoms with Crippen molar-refractivity contribution >= 4 is 33.6 Å². The minimum absolute atomic E-state index is 0.231. The lowest BCUT2D eigenvalue weighted by Crippen LogP contribution is -2.03. The summed E-state index contributed by atoms with van der Waals surface area (Å²) < 4.78 is 44.1. The number of halogens is 4. The van der Waals surface area contributed by atoms with Gasteiger partial charge < -0.3 is 4.57 Å². The van der Waals surface area contributed by atoms with Crippen LogP contribution in [0.4, 0.5) is 13.2 Å². The Kier molecular flexibility index (Phi) is 4.39. The Morgan fingerprint density at radius 3 is 2.62 bits per heavy atom. The number of benzene rings is 1. The van der Waals surface area contributed by atoms with E-state index in [9.17, 15) is 13.2 Å². The van der Waals surface area contributed by atoms with Crippen LogP contribution in [0, 0.1) is 15.3 Å². The van der Waals surface area contributed by atoms with Crippen LogP contribution in [0.3, 0.4) is 0 Å². The zero-order valence-electron chi connectivity index (χ0n) is 13.2. The summed E-state index contributed by atoms with van der Waals surface area (Å²) in [7, 11) is 0. The molecule has 0 saturated carbocycles. The minimum atomic E-state index is -0.812. The van der Waals surface area contributed by atoms with Crippen LogP contribution in [0.1, 0.15) is 5.56 Å². The van der Waals surface area contributed by atoms with Gasteiger partial charge >= 0.3 is 0 Å². The first kappa shape index (κ1) is 17.0. The Bertz CT molecular complexity index is 1110. The summed E-state index contributed by atoms with van der Waals surface area (Å²) in [5.41, 5.74) is 2.13. The first-order valence-corrected chi connectivity index (χ1v) is 8.66. The maximum atomic E-state index is 13.8. The second-order valence-corrected chi connectivity index (χ2v) is 6.83. The van der Waals surface area contributed by atoms with Crippen molar-refractivity contribution in [1.29, 1.82) is 0 Å². The van der Waals surface area contributed by atoms with Crippen LogP contribution in [0.25, 0.3) is 22.4 Å². The van der Waals surface area contributed by atoms with Gasteiger partial charge in [-0.05, 0) is 40.3 Å². The van der Waals surface area contributed by atoms with E-state index in [2.05, 4.69) is 15.0 Å². The van der Waals surface area contributed by atoms with Gasteiger partial charge in [-0.3, -0.25) is 9.55 Å². The quantitative estimate of drug-likeness (QED) is 0.422. The minimum Gasteiger partial charge on any atom is -0.303 e. The summed E-state index contributed by atoms with van der Waals surface area (Å²) in [6, 6.07) is 4.59. The average molecular weight is 469 g/mol. The van der Waals surface area contributed by atoms with E-state index >= 15 is 0 Å². The van der Waals surface area contributed by atoms with E-state index < -0.39 is 18.6 Å². The fourth-order valence-corrected chi connectivity index (χ4v) is 3.23. The van der Waals surface area contributed by atoms with E-state index in [1.165, 1.54) is 21.5 Å². The highest BCUT2D eigenvalue weighted by Crippen LogP contribution is 2.28. The Morgan fingerprint density at radius 2 is 1.88 bits per heavy atom. The molecule has 0 fully saturated rings. The molecule has 0 saturated heterocycles. The molecule has 0 aliphatic heterocycles. The normalized spacial score (nSPS) is 11.4. The smallest absolute Gasteiger partial charge is 0.213 e. The molecule has 0 bridgehead atoms. The van der Waals surface area contributed by atoms with Gasteiger partial charge in [0.05, 0.1) is 33.7 Å². The number of aromatic nitrogens is 5. The summed E-state index contributed by atoms with van der Waals surface area (Å²) in [6.45, 7) is -0.580. The molecule has 0 radical (unpaired) electrons. The summed E-state index contributed by atoms with van der Waals surface area (Å²) >= 11 is 1.85. The van der Waals surface area contributed by atoms with Crippen LogP contribution in [0.15, 0.2) is 43.1 Å². The Hall–Kier alpha value is -2.43. The second kappa shape index (κ2) is 6.71. The van der Waals surface area contributed by atoms with Gasteiger partial charge in [-0.2, -0.15) is 4.39 Å². The highest BCUT2D eigenvalue weighted by Gasteiger charge is 2.16. The lowest BCUT2D eigenvalue weighted by molar-refractivity contribution is 0.387. The fraction of sp³-hybridized carbons (Fsp3) is 0.118. The SMILES string of the molecule is FCn1c(-c2cncc(Cn3cncc3F)c2)nc2cc(F)c(I)cc21. The van der Waals surface area contributed by atoms with Crippen molar-refractivity contribution in [3.63, 3.8) is 0 Å². The van der Waals surface area contributed by atoms with Gasteiger partial charge in [0, 0.05) is 24.0 Å². The summed E-state index contributed by atoms with van der Waals surface area (Å²) in [5, 5.41) is 0. The van der Waals surface area contributed by atoms with E-state index in [1.807, 2.05) is 22.6 Å². The highest BCUT2D eigenvalue weighted by atomic mass is 127. The van der Waals surface area contributed by atoms with Crippen LogP contribution in [-0.4, -0.2) is 24.1 Å². The molecule has 3 heterocycles. The number of nitrogens with zero attached hydrogens (tertiary/aromatic N) is 5. The fourth-order valence-electron chi connectivity index (χ4n) is 2.78. The first-order valence-electron chi connectivity index (χ1n) is 7.58. The number of imidazole rings is 2. The molecule has 0 N–H and O–H groups in total. The summed E-state index contributed by atoms with van der Waals surface area (Å²) in [6.07, 6.45) is 5.63. The standard InChI is InChI=1S/C17H11F3IN5/c18-8-26-15-3-13(21)12(19)2-14(15)24-17(26)11-1-10(4-22-5-11)7-25-9-23-6-16(25)20/h1-6,9H,7-8H2. The van der Waals surface area contributed by atoms with E-state index in [0.29, 0.717) is 31.6 Å². The molecule has 132 valence electrons. The van der Waals surface area contributed by atoms with Gasteiger partial charge in [0.2, 0.25) is 5.95 Å². The average Bonchev–Trinajstić information content (AvgIpc) is 3.19. The van der Waals surface area contributed by atoms with Crippen LogP contribution in [-0.2, 0) is 13.3 Å². The van der Waals surface area contributed by atoms with Gasteiger partial charge in [0.25, 0.3) is 0 Å². The van der Waals surface area contributed by atoms with E-state index in [1.54, 1.807) is 24.5 Å². The Morgan fingerprint density at radius 1 is 1.04 bits per heavy atom. The molecule has 26 heavy (non-hydrogen) atoms. The maximum absolute atomic E-state index is 13.8. The molecule has 4 aromatic rings. The molecule has 0 aliphatic carbocycles. The number of hydrogen-bond acceptors (Lipinski definition) is 3. The molecule has 0 aliphatic rings. The van der Waals surface area contributed by atoms with Crippen LogP contribution < -0.4 is 0 Å².